The van der Waals surface area contributed by atoms with Crippen LogP contribution in [0, 0.1) is 0 Å². The van der Waals surface area contributed by atoms with Gasteiger partial charge >= 0.3 is 0 Å². The fourth-order valence-electron chi connectivity index (χ4n) is 2.43. The lowest BCUT2D eigenvalue weighted by molar-refractivity contribution is 0.0651. The molecular formula is C15H22N2O3. The molecule has 1 aromatic rings. The van der Waals surface area contributed by atoms with E-state index in [4.69, 9.17) is 9.47 Å². The number of carbonyl (C=O) groups excluding carboxylic acids is 1. The topological polar surface area (TPSA) is 50.8 Å². The van der Waals surface area contributed by atoms with Crippen LogP contribution in [0.5, 0.6) is 11.5 Å². The van der Waals surface area contributed by atoms with Crippen LogP contribution in [0.3, 0.4) is 0 Å². The Hall–Kier alpha value is -1.75. The van der Waals surface area contributed by atoms with Gasteiger partial charge in [0.15, 0.2) is 0 Å². The Morgan fingerprint density at radius 2 is 1.80 bits per heavy atom. The highest BCUT2D eigenvalue weighted by atomic mass is 16.5. The number of nitrogens with one attached hydrogen (secondary N) is 1. The number of nitrogens with zero attached hydrogens (tertiary/aromatic N) is 1. The fourth-order valence-corrected chi connectivity index (χ4v) is 2.43. The molecule has 0 aliphatic carbocycles. The van der Waals surface area contributed by atoms with E-state index in [1.54, 1.807) is 32.4 Å². The molecule has 1 aliphatic rings. The van der Waals surface area contributed by atoms with Gasteiger partial charge in [0.1, 0.15) is 11.5 Å². The highest BCUT2D eigenvalue weighted by Crippen LogP contribution is 2.24. The Bertz CT molecular complexity index is 478. The predicted molar refractivity (Wildman–Crippen MR) is 77.5 cm³/mol. The number of piperazine rings is 1. The molecule has 0 unspecified atom stereocenters. The van der Waals surface area contributed by atoms with Crippen LogP contribution in [0.4, 0.5) is 0 Å². The van der Waals surface area contributed by atoms with Gasteiger partial charge in [-0.1, -0.05) is 0 Å². The van der Waals surface area contributed by atoms with Crippen molar-refractivity contribution in [1.82, 2.24) is 10.2 Å². The molecule has 5 heteroatoms. The maximum absolute atomic E-state index is 12.6. The van der Waals surface area contributed by atoms with E-state index in [0.29, 0.717) is 30.2 Å². The zero-order valence-electron chi connectivity index (χ0n) is 12.5. The van der Waals surface area contributed by atoms with E-state index in [2.05, 4.69) is 19.2 Å². The van der Waals surface area contributed by atoms with Crippen LogP contribution in [0.1, 0.15) is 24.2 Å². The van der Waals surface area contributed by atoms with Gasteiger partial charge in [0.2, 0.25) is 0 Å². The van der Waals surface area contributed by atoms with Gasteiger partial charge in [-0.25, -0.2) is 0 Å². The molecule has 1 N–H and O–H groups in total. The van der Waals surface area contributed by atoms with E-state index >= 15 is 0 Å². The molecule has 1 heterocycles. The number of amides is 1. The van der Waals surface area contributed by atoms with Gasteiger partial charge in [-0.15, -0.1) is 0 Å². The van der Waals surface area contributed by atoms with E-state index in [9.17, 15) is 4.79 Å². The Morgan fingerprint density at radius 1 is 1.20 bits per heavy atom. The highest BCUT2D eigenvalue weighted by Gasteiger charge is 2.29. The summed E-state index contributed by atoms with van der Waals surface area (Å²) >= 11 is 0. The first-order valence-electron chi connectivity index (χ1n) is 6.72. The molecular weight excluding hydrogens is 256 g/mol. The molecule has 110 valence electrons. The van der Waals surface area contributed by atoms with Gasteiger partial charge in [0.25, 0.3) is 5.91 Å². The van der Waals surface area contributed by atoms with Gasteiger partial charge in [0.05, 0.1) is 14.2 Å². The summed E-state index contributed by atoms with van der Waals surface area (Å²) in [5.41, 5.74) is 0.538. The Morgan fingerprint density at radius 3 is 2.30 bits per heavy atom. The molecule has 0 aromatic heterocycles. The predicted octanol–water partition coefficient (Wildman–Crippen LogP) is 1.53. The smallest absolute Gasteiger partial charge is 0.254 e. The van der Waals surface area contributed by atoms with E-state index in [0.717, 1.165) is 6.54 Å². The van der Waals surface area contributed by atoms with Crippen molar-refractivity contribution in [2.45, 2.75) is 19.4 Å². The van der Waals surface area contributed by atoms with Crippen molar-refractivity contribution in [2.75, 3.05) is 33.9 Å². The summed E-state index contributed by atoms with van der Waals surface area (Å²) in [5.74, 6) is 1.26. The average molecular weight is 278 g/mol. The first-order chi connectivity index (χ1) is 9.45. The summed E-state index contributed by atoms with van der Waals surface area (Å²) in [6.07, 6.45) is 0. The van der Waals surface area contributed by atoms with Crippen LogP contribution in [-0.4, -0.2) is 50.2 Å². The third-order valence-corrected chi connectivity index (χ3v) is 3.46. The largest absolute Gasteiger partial charge is 0.497 e. The monoisotopic (exact) mass is 278 g/mol. The van der Waals surface area contributed by atoms with Gasteiger partial charge in [-0.3, -0.25) is 4.79 Å². The highest BCUT2D eigenvalue weighted by molar-refractivity contribution is 5.95. The molecule has 2 rings (SSSR count). The number of hydrogen-bond donors (Lipinski definition) is 1. The van der Waals surface area contributed by atoms with Crippen molar-refractivity contribution in [3.63, 3.8) is 0 Å². The van der Waals surface area contributed by atoms with E-state index in [1.165, 1.54) is 0 Å². The minimum atomic E-state index is -0.0587. The minimum absolute atomic E-state index is 0.0109. The first-order valence-corrected chi connectivity index (χ1v) is 6.72. The molecule has 0 saturated carbocycles. The van der Waals surface area contributed by atoms with Crippen molar-refractivity contribution in [2.24, 2.45) is 0 Å². The fraction of sp³-hybridized carbons (Fsp3) is 0.533. The maximum atomic E-state index is 12.6. The van der Waals surface area contributed by atoms with Crippen molar-refractivity contribution in [3.8, 4) is 11.5 Å². The van der Waals surface area contributed by atoms with Gasteiger partial charge in [0, 0.05) is 36.8 Å². The molecule has 1 saturated heterocycles. The summed E-state index contributed by atoms with van der Waals surface area (Å²) in [7, 11) is 3.16. The molecule has 1 aliphatic heterocycles. The lowest BCUT2D eigenvalue weighted by Gasteiger charge is -2.39. The quantitative estimate of drug-likeness (QED) is 0.911. The number of ether oxygens (including phenoxy) is 2. The summed E-state index contributed by atoms with van der Waals surface area (Å²) in [4.78, 5) is 14.5. The van der Waals surface area contributed by atoms with Gasteiger partial charge < -0.3 is 19.7 Å². The Labute approximate surface area is 119 Å². The van der Waals surface area contributed by atoms with E-state index in [1.807, 2.05) is 4.90 Å². The van der Waals surface area contributed by atoms with E-state index < -0.39 is 0 Å². The number of methoxy groups -OCH3 is 2. The van der Waals surface area contributed by atoms with Gasteiger partial charge in [-0.05, 0) is 26.0 Å². The molecule has 5 nitrogen and oxygen atoms in total. The van der Waals surface area contributed by atoms with Crippen molar-refractivity contribution < 1.29 is 14.3 Å². The molecule has 0 spiro atoms. The number of carbonyl (C=O) groups is 1. The van der Waals surface area contributed by atoms with E-state index in [-0.39, 0.29) is 11.4 Å². The van der Waals surface area contributed by atoms with Crippen molar-refractivity contribution in [1.29, 1.82) is 0 Å². The second-order valence-corrected chi connectivity index (χ2v) is 5.64. The average Bonchev–Trinajstić information content (AvgIpc) is 2.44. The normalized spacial score (nSPS) is 17.7. The van der Waals surface area contributed by atoms with Crippen LogP contribution in [0.2, 0.25) is 0 Å². The molecule has 1 amide bonds. The Balaban J connectivity index is 2.24. The molecule has 0 atom stereocenters. The summed E-state index contributed by atoms with van der Waals surface area (Å²) in [5, 5.41) is 3.40. The zero-order chi connectivity index (χ0) is 14.8. The summed E-state index contributed by atoms with van der Waals surface area (Å²) in [6.45, 7) is 6.39. The maximum Gasteiger partial charge on any atom is 0.254 e. The minimum Gasteiger partial charge on any atom is -0.497 e. The van der Waals surface area contributed by atoms with Crippen LogP contribution in [0.15, 0.2) is 18.2 Å². The number of hydrogen-bond acceptors (Lipinski definition) is 4. The molecule has 1 fully saturated rings. The van der Waals surface area contributed by atoms with Gasteiger partial charge in [-0.2, -0.15) is 0 Å². The number of benzene rings is 1. The zero-order valence-corrected chi connectivity index (χ0v) is 12.5. The molecule has 1 aromatic carbocycles. The Kier molecular flexibility index (Phi) is 4.18. The van der Waals surface area contributed by atoms with Crippen molar-refractivity contribution >= 4 is 5.91 Å². The molecule has 20 heavy (non-hydrogen) atoms. The first kappa shape index (κ1) is 14.7. The summed E-state index contributed by atoms with van der Waals surface area (Å²) < 4.78 is 10.4. The van der Waals surface area contributed by atoms with Crippen LogP contribution >= 0.6 is 0 Å². The molecule has 0 radical (unpaired) electrons. The SMILES string of the molecule is COc1cc(OC)cc(C(=O)N2CCNC(C)(C)C2)c1. The van der Waals surface area contributed by atoms with Crippen LogP contribution in [0.25, 0.3) is 0 Å². The second-order valence-electron chi connectivity index (χ2n) is 5.64. The number of rotatable bonds is 3. The summed E-state index contributed by atoms with van der Waals surface area (Å²) in [6, 6.07) is 5.26. The third-order valence-electron chi connectivity index (χ3n) is 3.46. The molecule has 0 bridgehead atoms. The third kappa shape index (κ3) is 3.22. The lowest BCUT2D eigenvalue weighted by atomic mass is 10.0. The van der Waals surface area contributed by atoms with Crippen LogP contribution < -0.4 is 14.8 Å². The second kappa shape index (κ2) is 5.71. The lowest BCUT2D eigenvalue weighted by Crippen LogP contribution is -2.58. The van der Waals surface area contributed by atoms with Crippen molar-refractivity contribution in [3.05, 3.63) is 23.8 Å². The van der Waals surface area contributed by atoms with Crippen LogP contribution in [-0.2, 0) is 0 Å². The standard InChI is InChI=1S/C15H22N2O3/c1-15(2)10-17(6-5-16-15)14(18)11-7-12(19-3)9-13(8-11)20-4/h7-9,16H,5-6,10H2,1-4H3.